The lowest BCUT2D eigenvalue weighted by molar-refractivity contribution is 0.555. The number of pyridine rings is 1. The van der Waals surface area contributed by atoms with E-state index in [9.17, 15) is 0 Å². The maximum absolute atomic E-state index is 4.52. The molecule has 0 aliphatic rings. The first-order valence-electron chi connectivity index (χ1n) is 6.51. The number of nitrogens with one attached hydrogen (secondary N) is 1. The summed E-state index contributed by atoms with van der Waals surface area (Å²) < 4.78 is 4.39. The minimum absolute atomic E-state index is 0.00396. The van der Waals surface area contributed by atoms with Gasteiger partial charge in [-0.25, -0.2) is 4.98 Å². The minimum atomic E-state index is -0.00396. The fraction of sp³-hybridized carbons (Fsp3) is 0.500. The topological polar surface area (TPSA) is 50.7 Å². The Labute approximate surface area is 118 Å². The lowest BCUT2D eigenvalue weighted by atomic mass is 9.96. The van der Waals surface area contributed by atoms with Crippen molar-refractivity contribution in [3.8, 4) is 0 Å². The Morgan fingerprint density at radius 1 is 1.32 bits per heavy atom. The Bertz CT molecular complexity index is 542. The molecule has 5 heteroatoms. The molecule has 0 spiro atoms. The van der Waals surface area contributed by atoms with Gasteiger partial charge in [-0.05, 0) is 18.1 Å². The van der Waals surface area contributed by atoms with E-state index in [0.717, 1.165) is 23.1 Å². The molecular weight excluding hydrogens is 256 g/mol. The minimum Gasteiger partial charge on any atom is -0.355 e. The van der Waals surface area contributed by atoms with Gasteiger partial charge in [0.1, 0.15) is 5.82 Å². The molecule has 0 aliphatic carbocycles. The summed E-state index contributed by atoms with van der Waals surface area (Å²) in [5.41, 5.74) is 2.35. The first-order chi connectivity index (χ1) is 9.00. The van der Waals surface area contributed by atoms with Gasteiger partial charge in [0.2, 0.25) is 5.13 Å². The van der Waals surface area contributed by atoms with Gasteiger partial charge in [0, 0.05) is 23.1 Å². The van der Waals surface area contributed by atoms with Crippen molar-refractivity contribution >= 4 is 16.7 Å². The van der Waals surface area contributed by atoms with Gasteiger partial charge in [-0.1, -0.05) is 33.8 Å². The Balaban J connectivity index is 2.05. The number of rotatable bonds is 4. The number of nitrogens with zero attached hydrogens (tertiary/aromatic N) is 3. The molecule has 2 aromatic rings. The van der Waals surface area contributed by atoms with Crippen LogP contribution < -0.4 is 5.32 Å². The Kier molecular flexibility index (Phi) is 4.14. The van der Waals surface area contributed by atoms with E-state index in [0.29, 0.717) is 6.54 Å². The molecule has 1 N–H and O–H groups in total. The summed E-state index contributed by atoms with van der Waals surface area (Å²) in [5.74, 6) is 0.886. The van der Waals surface area contributed by atoms with Gasteiger partial charge in [-0.2, -0.15) is 4.37 Å². The SMILES string of the molecule is CCc1cccnc1CNc1nc(C(C)(C)C)ns1. The molecule has 0 unspecified atom stereocenters. The summed E-state index contributed by atoms with van der Waals surface area (Å²) in [7, 11) is 0. The average molecular weight is 276 g/mol. The molecular formula is C14H20N4S. The van der Waals surface area contributed by atoms with Crippen LogP contribution >= 0.6 is 11.5 Å². The van der Waals surface area contributed by atoms with Crippen molar-refractivity contribution in [2.24, 2.45) is 0 Å². The molecule has 0 saturated carbocycles. The molecule has 0 atom stereocenters. The second-order valence-corrected chi connectivity index (χ2v) is 6.24. The second kappa shape index (κ2) is 5.65. The van der Waals surface area contributed by atoms with E-state index in [4.69, 9.17) is 0 Å². The van der Waals surface area contributed by atoms with Gasteiger partial charge in [-0.3, -0.25) is 4.98 Å². The third-order valence-electron chi connectivity index (χ3n) is 2.87. The van der Waals surface area contributed by atoms with Crippen molar-refractivity contribution in [3.05, 3.63) is 35.4 Å². The van der Waals surface area contributed by atoms with Crippen LogP contribution in [0.25, 0.3) is 0 Å². The highest BCUT2D eigenvalue weighted by molar-refractivity contribution is 7.09. The van der Waals surface area contributed by atoms with Crippen LogP contribution in [0.5, 0.6) is 0 Å². The molecule has 102 valence electrons. The maximum atomic E-state index is 4.52. The van der Waals surface area contributed by atoms with Crippen LogP contribution in [0.3, 0.4) is 0 Å². The van der Waals surface area contributed by atoms with Gasteiger partial charge in [0.25, 0.3) is 0 Å². The van der Waals surface area contributed by atoms with Crippen LogP contribution in [0.15, 0.2) is 18.3 Å². The summed E-state index contributed by atoms with van der Waals surface area (Å²) in [6, 6.07) is 4.09. The van der Waals surface area contributed by atoms with Gasteiger partial charge in [0.15, 0.2) is 0 Å². The van der Waals surface area contributed by atoms with Crippen LogP contribution in [0, 0.1) is 0 Å². The van der Waals surface area contributed by atoms with E-state index >= 15 is 0 Å². The van der Waals surface area contributed by atoms with E-state index in [-0.39, 0.29) is 5.41 Å². The van der Waals surface area contributed by atoms with E-state index in [2.05, 4.69) is 53.4 Å². The molecule has 2 heterocycles. The predicted molar refractivity (Wildman–Crippen MR) is 79.6 cm³/mol. The zero-order valence-electron chi connectivity index (χ0n) is 11.9. The van der Waals surface area contributed by atoms with Crippen molar-refractivity contribution in [2.75, 3.05) is 5.32 Å². The molecule has 0 fully saturated rings. The van der Waals surface area contributed by atoms with Crippen molar-refractivity contribution in [1.29, 1.82) is 0 Å². The van der Waals surface area contributed by atoms with E-state index in [1.54, 1.807) is 0 Å². The summed E-state index contributed by atoms with van der Waals surface area (Å²) in [6.07, 6.45) is 2.82. The van der Waals surface area contributed by atoms with Gasteiger partial charge >= 0.3 is 0 Å². The molecule has 0 bridgehead atoms. The monoisotopic (exact) mass is 276 g/mol. The number of anilines is 1. The smallest absolute Gasteiger partial charge is 0.202 e. The van der Waals surface area contributed by atoms with E-state index < -0.39 is 0 Å². The highest BCUT2D eigenvalue weighted by Gasteiger charge is 2.19. The van der Waals surface area contributed by atoms with Gasteiger partial charge in [-0.15, -0.1) is 0 Å². The van der Waals surface area contributed by atoms with Crippen molar-refractivity contribution < 1.29 is 0 Å². The predicted octanol–water partition coefficient (Wildman–Crippen LogP) is 3.41. The Hall–Kier alpha value is -1.49. The van der Waals surface area contributed by atoms with Gasteiger partial charge in [0.05, 0.1) is 12.2 Å². The molecule has 19 heavy (non-hydrogen) atoms. The molecule has 0 radical (unpaired) electrons. The normalized spacial score (nSPS) is 11.6. The number of hydrogen-bond acceptors (Lipinski definition) is 5. The number of hydrogen-bond donors (Lipinski definition) is 1. The van der Waals surface area contributed by atoms with Crippen LogP contribution in [0.4, 0.5) is 5.13 Å². The van der Waals surface area contributed by atoms with Crippen molar-refractivity contribution in [1.82, 2.24) is 14.3 Å². The van der Waals surface area contributed by atoms with Crippen LogP contribution in [-0.4, -0.2) is 14.3 Å². The molecule has 2 rings (SSSR count). The zero-order valence-corrected chi connectivity index (χ0v) is 12.7. The highest BCUT2D eigenvalue weighted by atomic mass is 32.1. The van der Waals surface area contributed by atoms with Crippen LogP contribution in [0.2, 0.25) is 0 Å². The van der Waals surface area contributed by atoms with Gasteiger partial charge < -0.3 is 5.32 Å². The van der Waals surface area contributed by atoms with Crippen LogP contribution in [-0.2, 0) is 18.4 Å². The summed E-state index contributed by atoms with van der Waals surface area (Å²) >= 11 is 1.41. The Morgan fingerprint density at radius 2 is 2.11 bits per heavy atom. The molecule has 0 aromatic carbocycles. The molecule has 2 aromatic heterocycles. The number of aromatic nitrogens is 3. The fourth-order valence-electron chi connectivity index (χ4n) is 1.71. The second-order valence-electron chi connectivity index (χ2n) is 5.49. The van der Waals surface area contributed by atoms with Crippen molar-refractivity contribution in [3.63, 3.8) is 0 Å². The number of aryl methyl sites for hydroxylation is 1. The zero-order chi connectivity index (χ0) is 13.9. The largest absolute Gasteiger partial charge is 0.355 e. The maximum Gasteiger partial charge on any atom is 0.202 e. The van der Waals surface area contributed by atoms with Crippen LogP contribution in [0.1, 0.15) is 44.8 Å². The van der Waals surface area contributed by atoms with E-state index in [1.165, 1.54) is 17.1 Å². The highest BCUT2D eigenvalue weighted by Crippen LogP contribution is 2.23. The fourth-order valence-corrected chi connectivity index (χ4v) is 2.46. The quantitative estimate of drug-likeness (QED) is 0.929. The van der Waals surface area contributed by atoms with Crippen molar-refractivity contribution in [2.45, 2.75) is 46.1 Å². The Morgan fingerprint density at radius 3 is 2.74 bits per heavy atom. The lowest BCUT2D eigenvalue weighted by Crippen LogP contribution is -2.13. The summed E-state index contributed by atoms with van der Waals surface area (Å²) in [4.78, 5) is 8.93. The third kappa shape index (κ3) is 3.50. The molecule has 0 amide bonds. The molecule has 0 saturated heterocycles. The summed E-state index contributed by atoms with van der Waals surface area (Å²) in [5, 5.41) is 4.17. The van der Waals surface area contributed by atoms with E-state index in [1.807, 2.05) is 12.3 Å². The average Bonchev–Trinajstić information content (AvgIpc) is 2.85. The first-order valence-corrected chi connectivity index (χ1v) is 7.29. The molecule has 0 aliphatic heterocycles. The first kappa shape index (κ1) is 13.9. The third-order valence-corrected chi connectivity index (χ3v) is 3.54. The lowest BCUT2D eigenvalue weighted by Gasteiger charge is -2.12. The molecule has 4 nitrogen and oxygen atoms in total. The standard InChI is InChI=1S/C14H20N4S/c1-5-10-7-6-8-15-11(10)9-16-13-17-12(18-19-13)14(2,3)4/h6-8H,5,9H2,1-4H3,(H,16,17,18). The summed E-state index contributed by atoms with van der Waals surface area (Å²) in [6.45, 7) is 9.19.